The molecule has 0 aromatic rings. The van der Waals surface area contributed by atoms with E-state index >= 15 is 0 Å². The summed E-state index contributed by atoms with van der Waals surface area (Å²) < 4.78 is 21.7. The summed E-state index contributed by atoms with van der Waals surface area (Å²) in [5.41, 5.74) is 0. The fourth-order valence-corrected chi connectivity index (χ4v) is 3.67. The van der Waals surface area contributed by atoms with Gasteiger partial charge in [0.25, 0.3) is 0 Å². The molecule has 0 aromatic heterocycles. The first-order valence-electron chi connectivity index (χ1n) is 11.0. The third kappa shape index (κ3) is 7.27. The van der Waals surface area contributed by atoms with Crippen molar-refractivity contribution in [3.8, 4) is 0 Å². The van der Waals surface area contributed by atoms with Crippen molar-refractivity contribution in [3.63, 3.8) is 0 Å². The first kappa shape index (κ1) is 26.8. The lowest BCUT2D eigenvalue weighted by atomic mass is 9.98. The Hall–Kier alpha value is -0.440. The first-order valence-corrected chi connectivity index (χ1v) is 11.0. The molecule has 11 nitrogen and oxygen atoms in total. The molecule has 0 spiro atoms. The van der Waals surface area contributed by atoms with Crippen LogP contribution in [0.1, 0.15) is 45.4 Å². The molecule has 2 rings (SSSR count). The van der Waals surface area contributed by atoms with Crippen LogP contribution < -0.4 is 0 Å². The quantitative estimate of drug-likeness (QED) is 0.162. The molecule has 2 saturated heterocycles. The van der Waals surface area contributed by atoms with Crippen LogP contribution in [0.4, 0.5) is 0 Å². The smallest absolute Gasteiger partial charge is 0.186 e. The van der Waals surface area contributed by atoms with Gasteiger partial charge in [-0.15, -0.1) is 0 Å². The maximum atomic E-state index is 10.2. The molecule has 10 atom stereocenters. The summed E-state index contributed by atoms with van der Waals surface area (Å²) >= 11 is 0. The second-order valence-electron chi connectivity index (χ2n) is 8.18. The lowest BCUT2D eigenvalue weighted by molar-refractivity contribution is -0.331. The number of hydrogen-bond donors (Lipinski definition) is 7. The highest BCUT2D eigenvalue weighted by Crippen LogP contribution is 2.26. The van der Waals surface area contributed by atoms with Crippen molar-refractivity contribution in [3.05, 3.63) is 0 Å². The summed E-state index contributed by atoms with van der Waals surface area (Å²) in [6.45, 7) is 1.48. The van der Waals surface area contributed by atoms with Crippen LogP contribution in [0.2, 0.25) is 0 Å². The van der Waals surface area contributed by atoms with Crippen LogP contribution in [-0.2, 0) is 18.9 Å². The minimum atomic E-state index is -1.60. The van der Waals surface area contributed by atoms with Crippen molar-refractivity contribution in [2.24, 2.45) is 0 Å². The molecule has 0 radical (unpaired) electrons. The SMILES string of the molecule is CCCCCCCCOC1OC(CO[C@H]2OC(CO)C(O)C(O)[C@H]2O)[C@@H](O)C(O)[C@H]1O. The van der Waals surface area contributed by atoms with Crippen LogP contribution in [0.15, 0.2) is 0 Å². The van der Waals surface area contributed by atoms with Crippen molar-refractivity contribution < 1.29 is 54.7 Å². The van der Waals surface area contributed by atoms with Crippen molar-refractivity contribution in [1.29, 1.82) is 0 Å². The van der Waals surface area contributed by atoms with E-state index in [0.29, 0.717) is 6.61 Å². The number of aliphatic hydroxyl groups is 7. The molecule has 2 heterocycles. The first-order chi connectivity index (χ1) is 14.8. The highest BCUT2D eigenvalue weighted by molar-refractivity contribution is 4.91. The minimum absolute atomic E-state index is 0.316. The van der Waals surface area contributed by atoms with Gasteiger partial charge in [-0.2, -0.15) is 0 Å². The number of rotatable bonds is 12. The zero-order chi connectivity index (χ0) is 23.0. The van der Waals surface area contributed by atoms with Gasteiger partial charge in [0.2, 0.25) is 0 Å². The highest BCUT2D eigenvalue weighted by atomic mass is 16.7. The molecule has 0 aromatic carbocycles. The molecule has 11 heteroatoms. The van der Waals surface area contributed by atoms with Gasteiger partial charge in [0.05, 0.1) is 13.2 Å². The molecule has 184 valence electrons. The summed E-state index contributed by atoms with van der Waals surface area (Å²) in [6.07, 6.45) is -7.70. The van der Waals surface area contributed by atoms with Crippen molar-refractivity contribution >= 4 is 0 Å². The predicted octanol–water partition coefficient (Wildman–Crippen LogP) is -2.01. The van der Waals surface area contributed by atoms with Crippen molar-refractivity contribution in [1.82, 2.24) is 0 Å². The van der Waals surface area contributed by atoms with Gasteiger partial charge in [-0.05, 0) is 6.42 Å². The Morgan fingerprint density at radius 3 is 1.74 bits per heavy atom. The third-order valence-corrected chi connectivity index (χ3v) is 5.72. The van der Waals surface area contributed by atoms with E-state index in [1.54, 1.807) is 0 Å². The summed E-state index contributed by atoms with van der Waals surface area (Å²) in [7, 11) is 0. The molecule has 2 aliphatic rings. The fraction of sp³-hybridized carbons (Fsp3) is 1.00. The molecule has 0 amide bonds. The zero-order valence-electron chi connectivity index (χ0n) is 17.9. The van der Waals surface area contributed by atoms with Gasteiger partial charge in [0.1, 0.15) is 48.8 Å². The predicted molar refractivity (Wildman–Crippen MR) is 106 cm³/mol. The van der Waals surface area contributed by atoms with Crippen LogP contribution in [0.3, 0.4) is 0 Å². The van der Waals surface area contributed by atoms with E-state index in [-0.39, 0.29) is 6.61 Å². The molecule has 0 bridgehead atoms. The van der Waals surface area contributed by atoms with E-state index in [1.165, 1.54) is 6.42 Å². The fourth-order valence-electron chi connectivity index (χ4n) is 3.67. The van der Waals surface area contributed by atoms with Crippen LogP contribution in [0.5, 0.6) is 0 Å². The second-order valence-corrected chi connectivity index (χ2v) is 8.18. The van der Waals surface area contributed by atoms with Crippen LogP contribution >= 0.6 is 0 Å². The van der Waals surface area contributed by atoms with Gasteiger partial charge in [-0.25, -0.2) is 0 Å². The Labute approximate surface area is 182 Å². The van der Waals surface area contributed by atoms with Gasteiger partial charge >= 0.3 is 0 Å². The summed E-state index contributed by atoms with van der Waals surface area (Å²) in [5.74, 6) is 0. The van der Waals surface area contributed by atoms with Crippen molar-refractivity contribution in [2.75, 3.05) is 19.8 Å². The average Bonchev–Trinajstić information content (AvgIpc) is 2.77. The van der Waals surface area contributed by atoms with E-state index in [4.69, 9.17) is 18.9 Å². The topological polar surface area (TPSA) is 179 Å². The normalized spacial score (nSPS) is 41.4. The molecular formula is C20H38O11. The second kappa shape index (κ2) is 13.3. The number of aliphatic hydroxyl groups excluding tert-OH is 7. The zero-order valence-corrected chi connectivity index (χ0v) is 17.9. The Bertz CT molecular complexity index is 494. The summed E-state index contributed by atoms with van der Waals surface area (Å²) in [4.78, 5) is 0. The third-order valence-electron chi connectivity index (χ3n) is 5.72. The van der Waals surface area contributed by atoms with E-state index in [1.807, 2.05) is 0 Å². The van der Waals surface area contributed by atoms with E-state index in [9.17, 15) is 35.7 Å². The molecule has 2 fully saturated rings. The maximum absolute atomic E-state index is 10.2. The van der Waals surface area contributed by atoms with Crippen molar-refractivity contribution in [2.45, 2.75) is 107 Å². The monoisotopic (exact) mass is 454 g/mol. The summed E-state index contributed by atoms with van der Waals surface area (Å²) in [6, 6.07) is 0. The van der Waals surface area contributed by atoms with Crippen LogP contribution in [-0.4, -0.2) is 117 Å². The Morgan fingerprint density at radius 1 is 0.613 bits per heavy atom. The van der Waals surface area contributed by atoms with Crippen LogP contribution in [0.25, 0.3) is 0 Å². The number of unbranched alkanes of at least 4 members (excludes halogenated alkanes) is 5. The standard InChI is InChI=1S/C20H38O11/c1-2-3-4-5-6-7-8-28-19-17(26)16(25)14(23)12(31-19)10-29-20-18(27)15(24)13(22)11(9-21)30-20/h11-27H,2-10H2,1H3/t11?,12?,13?,14-,15?,16?,17-,18-,19?,20+/m1/s1. The molecule has 31 heavy (non-hydrogen) atoms. The lowest BCUT2D eigenvalue weighted by Crippen LogP contribution is -2.61. The molecule has 2 aliphatic heterocycles. The van der Waals surface area contributed by atoms with Crippen LogP contribution in [0, 0.1) is 0 Å². The van der Waals surface area contributed by atoms with Gasteiger partial charge in [0.15, 0.2) is 12.6 Å². The Morgan fingerprint density at radius 2 is 1.13 bits per heavy atom. The summed E-state index contributed by atoms with van der Waals surface area (Å²) in [5, 5.41) is 69.3. The molecule has 7 N–H and O–H groups in total. The van der Waals surface area contributed by atoms with Gasteiger partial charge < -0.3 is 54.7 Å². The van der Waals surface area contributed by atoms with Gasteiger partial charge in [-0.3, -0.25) is 0 Å². The van der Waals surface area contributed by atoms with E-state index in [0.717, 1.165) is 32.1 Å². The van der Waals surface area contributed by atoms with E-state index in [2.05, 4.69) is 6.92 Å². The molecule has 6 unspecified atom stereocenters. The average molecular weight is 455 g/mol. The van der Waals surface area contributed by atoms with Gasteiger partial charge in [-0.1, -0.05) is 39.0 Å². The minimum Gasteiger partial charge on any atom is -0.394 e. The number of ether oxygens (including phenoxy) is 4. The van der Waals surface area contributed by atoms with Gasteiger partial charge in [0, 0.05) is 6.61 Å². The lowest BCUT2D eigenvalue weighted by Gasteiger charge is -2.42. The van der Waals surface area contributed by atoms with E-state index < -0.39 is 68.0 Å². The largest absolute Gasteiger partial charge is 0.394 e. The number of hydrogen-bond acceptors (Lipinski definition) is 11. The highest BCUT2D eigenvalue weighted by Gasteiger charge is 2.47. The Balaban J connectivity index is 1.83. The molecule has 0 aliphatic carbocycles. The maximum Gasteiger partial charge on any atom is 0.186 e. The Kier molecular flexibility index (Phi) is 11.5. The molecule has 0 saturated carbocycles. The molecular weight excluding hydrogens is 416 g/mol.